The minimum absolute atomic E-state index is 0.412. The second-order valence-corrected chi connectivity index (χ2v) is 3.09. The Hall–Kier alpha value is -0.370. The molecular weight excluding hydrogens is 152 g/mol. The first-order chi connectivity index (χ1) is 5.81. The number of hydrogen-bond donors (Lipinski definition) is 0. The minimum Gasteiger partial charge on any atom is -0.385 e. The van der Waals surface area contributed by atoms with E-state index in [1.165, 1.54) is 0 Å². The monoisotopic (exact) mass is 172 g/mol. The number of Topliss-reactive ketones (excluding diaryl/α,β-unsaturated/α-hetero) is 1. The molecule has 0 aliphatic heterocycles. The molecule has 0 aromatic carbocycles. The topological polar surface area (TPSA) is 26.3 Å². The fraction of sp³-hybridized carbons (Fsp3) is 0.900. The summed E-state index contributed by atoms with van der Waals surface area (Å²) in [5.74, 6) is 0.412. The highest BCUT2D eigenvalue weighted by Crippen LogP contribution is 2.03. The summed E-state index contributed by atoms with van der Waals surface area (Å²) in [7, 11) is 1.71. The number of methoxy groups -OCH3 is 1. The molecule has 0 radical (unpaired) electrons. The van der Waals surface area contributed by atoms with Crippen LogP contribution in [0.2, 0.25) is 0 Å². The number of unbranched alkanes of at least 4 members (excludes halogenated alkanes) is 2. The van der Waals surface area contributed by atoms with Crippen molar-refractivity contribution in [3.63, 3.8) is 0 Å². The maximum absolute atomic E-state index is 11.0. The standard InChI is InChI=1S/C10H20O2/c1-3-7-10(11)8-5-4-6-9-12-2/h3-9H2,1-2H3. The van der Waals surface area contributed by atoms with Gasteiger partial charge in [0.05, 0.1) is 0 Å². The lowest BCUT2D eigenvalue weighted by Gasteiger charge is -1.99. The molecule has 0 N–H and O–H groups in total. The van der Waals surface area contributed by atoms with Gasteiger partial charge in [0.15, 0.2) is 0 Å². The second-order valence-electron chi connectivity index (χ2n) is 3.09. The van der Waals surface area contributed by atoms with Crippen LogP contribution in [0.5, 0.6) is 0 Å². The first-order valence-electron chi connectivity index (χ1n) is 4.82. The van der Waals surface area contributed by atoms with Crippen molar-refractivity contribution in [3.05, 3.63) is 0 Å². The Morgan fingerprint density at radius 2 is 1.92 bits per heavy atom. The molecule has 0 aromatic heterocycles. The number of hydrogen-bond acceptors (Lipinski definition) is 2. The summed E-state index contributed by atoms with van der Waals surface area (Å²) in [5.41, 5.74) is 0. The Bertz CT molecular complexity index is 110. The van der Waals surface area contributed by atoms with Crippen molar-refractivity contribution in [3.8, 4) is 0 Å². The number of rotatable bonds is 8. The molecule has 0 amide bonds. The van der Waals surface area contributed by atoms with Crippen LogP contribution in [0.1, 0.15) is 45.4 Å². The van der Waals surface area contributed by atoms with Gasteiger partial charge in [-0.2, -0.15) is 0 Å². The second kappa shape index (κ2) is 8.72. The third-order valence-corrected chi connectivity index (χ3v) is 1.83. The molecule has 0 aromatic rings. The van der Waals surface area contributed by atoms with Crippen LogP contribution in [0.3, 0.4) is 0 Å². The maximum Gasteiger partial charge on any atom is 0.132 e. The van der Waals surface area contributed by atoms with Gasteiger partial charge in [0.1, 0.15) is 5.78 Å². The molecule has 0 saturated carbocycles. The van der Waals surface area contributed by atoms with Crippen LogP contribution >= 0.6 is 0 Å². The fourth-order valence-corrected chi connectivity index (χ4v) is 1.15. The fourth-order valence-electron chi connectivity index (χ4n) is 1.15. The number of ketones is 1. The van der Waals surface area contributed by atoms with E-state index in [1.54, 1.807) is 7.11 Å². The summed E-state index contributed by atoms with van der Waals surface area (Å²) in [6.07, 6.45) is 5.72. The average Bonchev–Trinajstić information content (AvgIpc) is 2.05. The number of ether oxygens (including phenoxy) is 1. The van der Waals surface area contributed by atoms with Crippen LogP contribution in [-0.2, 0) is 9.53 Å². The maximum atomic E-state index is 11.0. The van der Waals surface area contributed by atoms with Crippen LogP contribution in [0.15, 0.2) is 0 Å². The molecule has 72 valence electrons. The first-order valence-corrected chi connectivity index (χ1v) is 4.82. The Kier molecular flexibility index (Phi) is 8.46. The van der Waals surface area contributed by atoms with Gasteiger partial charge in [0, 0.05) is 26.6 Å². The van der Waals surface area contributed by atoms with Gasteiger partial charge in [-0.3, -0.25) is 4.79 Å². The van der Waals surface area contributed by atoms with Crippen molar-refractivity contribution in [2.45, 2.75) is 45.4 Å². The van der Waals surface area contributed by atoms with Gasteiger partial charge in [-0.25, -0.2) is 0 Å². The first kappa shape index (κ1) is 11.6. The van der Waals surface area contributed by atoms with Crippen LogP contribution in [0.25, 0.3) is 0 Å². The SMILES string of the molecule is CCCC(=O)CCCCCOC. The molecule has 0 aliphatic carbocycles. The summed E-state index contributed by atoms with van der Waals surface area (Å²) in [6, 6.07) is 0. The Labute approximate surface area is 75.3 Å². The Morgan fingerprint density at radius 3 is 2.50 bits per heavy atom. The van der Waals surface area contributed by atoms with Crippen molar-refractivity contribution >= 4 is 5.78 Å². The molecule has 0 rings (SSSR count). The van der Waals surface area contributed by atoms with Crippen LogP contribution in [0, 0.1) is 0 Å². The highest BCUT2D eigenvalue weighted by atomic mass is 16.5. The Morgan fingerprint density at radius 1 is 1.17 bits per heavy atom. The van der Waals surface area contributed by atoms with Gasteiger partial charge >= 0.3 is 0 Å². The third-order valence-electron chi connectivity index (χ3n) is 1.83. The molecule has 0 heterocycles. The van der Waals surface area contributed by atoms with Crippen LogP contribution in [-0.4, -0.2) is 19.5 Å². The predicted octanol–water partition coefficient (Wildman–Crippen LogP) is 2.56. The van der Waals surface area contributed by atoms with Gasteiger partial charge in [-0.1, -0.05) is 13.3 Å². The molecule has 0 fully saturated rings. The molecular formula is C10H20O2. The van der Waals surface area contributed by atoms with Crippen LogP contribution < -0.4 is 0 Å². The predicted molar refractivity (Wildman–Crippen MR) is 50.3 cm³/mol. The van der Waals surface area contributed by atoms with E-state index in [-0.39, 0.29) is 0 Å². The lowest BCUT2D eigenvalue weighted by atomic mass is 10.1. The van der Waals surface area contributed by atoms with Gasteiger partial charge in [-0.05, 0) is 19.3 Å². The highest BCUT2D eigenvalue weighted by molar-refractivity contribution is 5.78. The van der Waals surface area contributed by atoms with E-state index >= 15 is 0 Å². The molecule has 0 aliphatic rings. The third kappa shape index (κ3) is 7.73. The highest BCUT2D eigenvalue weighted by Gasteiger charge is 1.98. The summed E-state index contributed by atoms with van der Waals surface area (Å²) < 4.78 is 4.91. The molecule has 12 heavy (non-hydrogen) atoms. The molecule has 2 heteroatoms. The van der Waals surface area contributed by atoms with E-state index in [4.69, 9.17) is 4.74 Å². The molecule has 0 atom stereocenters. The molecule has 0 spiro atoms. The smallest absolute Gasteiger partial charge is 0.132 e. The molecule has 0 unspecified atom stereocenters. The summed E-state index contributed by atoms with van der Waals surface area (Å²) in [5, 5.41) is 0. The molecule has 0 saturated heterocycles. The number of carbonyl (C=O) groups excluding carboxylic acids is 1. The molecule has 0 bridgehead atoms. The van der Waals surface area contributed by atoms with E-state index in [0.717, 1.165) is 45.1 Å². The summed E-state index contributed by atoms with van der Waals surface area (Å²) in [6.45, 7) is 2.87. The van der Waals surface area contributed by atoms with Crippen molar-refractivity contribution in [2.75, 3.05) is 13.7 Å². The van der Waals surface area contributed by atoms with Crippen LogP contribution in [0.4, 0.5) is 0 Å². The largest absolute Gasteiger partial charge is 0.385 e. The quantitative estimate of drug-likeness (QED) is 0.526. The number of carbonyl (C=O) groups is 1. The van der Waals surface area contributed by atoms with E-state index in [2.05, 4.69) is 0 Å². The van der Waals surface area contributed by atoms with Gasteiger partial charge in [-0.15, -0.1) is 0 Å². The van der Waals surface area contributed by atoms with Crippen molar-refractivity contribution in [2.24, 2.45) is 0 Å². The van der Waals surface area contributed by atoms with E-state index in [1.807, 2.05) is 6.92 Å². The van der Waals surface area contributed by atoms with Gasteiger partial charge < -0.3 is 4.74 Å². The van der Waals surface area contributed by atoms with E-state index in [9.17, 15) is 4.79 Å². The minimum atomic E-state index is 0.412. The van der Waals surface area contributed by atoms with Gasteiger partial charge in [0.2, 0.25) is 0 Å². The summed E-state index contributed by atoms with van der Waals surface area (Å²) >= 11 is 0. The average molecular weight is 172 g/mol. The zero-order valence-corrected chi connectivity index (χ0v) is 8.27. The van der Waals surface area contributed by atoms with Gasteiger partial charge in [0.25, 0.3) is 0 Å². The van der Waals surface area contributed by atoms with Crippen molar-refractivity contribution in [1.82, 2.24) is 0 Å². The lowest BCUT2D eigenvalue weighted by Crippen LogP contribution is -1.97. The normalized spacial score (nSPS) is 10.2. The van der Waals surface area contributed by atoms with Crippen molar-refractivity contribution < 1.29 is 9.53 Å². The Balaban J connectivity index is 3.03. The van der Waals surface area contributed by atoms with E-state index in [0.29, 0.717) is 5.78 Å². The zero-order valence-electron chi connectivity index (χ0n) is 8.27. The summed E-state index contributed by atoms with van der Waals surface area (Å²) in [4.78, 5) is 11.0. The lowest BCUT2D eigenvalue weighted by molar-refractivity contribution is -0.119. The van der Waals surface area contributed by atoms with Crippen molar-refractivity contribution in [1.29, 1.82) is 0 Å². The van der Waals surface area contributed by atoms with E-state index < -0.39 is 0 Å². The zero-order chi connectivity index (χ0) is 9.23. The molecule has 2 nitrogen and oxygen atoms in total.